The normalized spacial score (nSPS) is 17.9. The Morgan fingerprint density at radius 2 is 2.00 bits per heavy atom. The van der Waals surface area contributed by atoms with Gasteiger partial charge in [0.05, 0.1) is 12.5 Å². The zero-order valence-corrected chi connectivity index (χ0v) is 12.2. The average molecular weight is 326 g/mol. The summed E-state index contributed by atoms with van der Waals surface area (Å²) >= 11 is 5.46. The van der Waals surface area contributed by atoms with Crippen LogP contribution in [0.1, 0.15) is 12.0 Å². The molecule has 4 nitrogen and oxygen atoms in total. The molecule has 0 bridgehead atoms. The number of sulfonamides is 1. The fourth-order valence-corrected chi connectivity index (χ4v) is 3.80. The van der Waals surface area contributed by atoms with Crippen molar-refractivity contribution in [2.75, 3.05) is 26.3 Å². The highest BCUT2D eigenvalue weighted by Gasteiger charge is 2.30. The van der Waals surface area contributed by atoms with Crippen LogP contribution >= 0.6 is 11.6 Å². The number of rotatable bonds is 3. The van der Waals surface area contributed by atoms with E-state index in [4.69, 9.17) is 16.3 Å². The largest absolute Gasteiger partial charge is 0.380 e. The molecule has 1 aromatic carbocycles. The smallest absolute Gasteiger partial charge is 0.246 e. The van der Waals surface area contributed by atoms with E-state index in [-0.39, 0.29) is 19.7 Å². The van der Waals surface area contributed by atoms with Crippen molar-refractivity contribution in [2.24, 2.45) is 0 Å². The highest BCUT2D eigenvalue weighted by molar-refractivity contribution is 7.89. The molecule has 0 radical (unpaired) electrons. The van der Waals surface area contributed by atoms with E-state index in [1.165, 1.54) is 0 Å². The molecule has 0 amide bonds. The van der Waals surface area contributed by atoms with Crippen LogP contribution in [-0.4, -0.2) is 39.0 Å². The Hall–Kier alpha value is -0.760. The Balaban J connectivity index is 2.43. The summed E-state index contributed by atoms with van der Waals surface area (Å²) in [6.45, 7) is 1.11. The molecule has 1 saturated heterocycles. The van der Waals surface area contributed by atoms with Crippen LogP contribution < -0.4 is 0 Å². The average Bonchev–Trinajstić information content (AvgIpc) is 2.68. The molecule has 1 fully saturated rings. The number of benzene rings is 1. The number of ether oxygens (including phenoxy) is 1. The highest BCUT2D eigenvalue weighted by Crippen LogP contribution is 2.25. The topological polar surface area (TPSA) is 46.6 Å². The Kier molecular flexibility index (Phi) is 4.95. The maximum atomic E-state index is 14.1. The standard InChI is InChI=1S/C12H14ClF2NO3S/c13-8-9-10(14)2-3-11(12(9)15)20(17,18)16-4-1-6-19-7-5-16/h2-3H,1,4-8H2. The van der Waals surface area contributed by atoms with Crippen LogP contribution in [0.15, 0.2) is 17.0 Å². The van der Waals surface area contributed by atoms with Gasteiger partial charge in [0, 0.05) is 25.3 Å². The van der Waals surface area contributed by atoms with Gasteiger partial charge in [-0.15, -0.1) is 11.6 Å². The van der Waals surface area contributed by atoms with Crippen molar-refractivity contribution in [1.82, 2.24) is 4.31 Å². The number of nitrogens with zero attached hydrogens (tertiary/aromatic N) is 1. The lowest BCUT2D eigenvalue weighted by atomic mass is 10.2. The van der Waals surface area contributed by atoms with Gasteiger partial charge in [-0.2, -0.15) is 4.31 Å². The Morgan fingerprint density at radius 3 is 2.70 bits per heavy atom. The van der Waals surface area contributed by atoms with Crippen molar-refractivity contribution in [3.8, 4) is 0 Å². The van der Waals surface area contributed by atoms with Crippen molar-refractivity contribution in [3.05, 3.63) is 29.3 Å². The van der Waals surface area contributed by atoms with Gasteiger partial charge in [-0.05, 0) is 18.6 Å². The minimum absolute atomic E-state index is 0.148. The van der Waals surface area contributed by atoms with Crippen LogP contribution in [0, 0.1) is 11.6 Å². The Morgan fingerprint density at radius 1 is 1.25 bits per heavy atom. The first-order valence-corrected chi connectivity index (χ1v) is 8.06. The molecule has 20 heavy (non-hydrogen) atoms. The molecular weight excluding hydrogens is 312 g/mol. The van der Waals surface area contributed by atoms with Crippen LogP contribution in [0.5, 0.6) is 0 Å². The Bertz CT molecular complexity index is 587. The molecule has 0 unspecified atom stereocenters. The molecule has 0 aliphatic carbocycles. The Labute approximate surface area is 121 Å². The van der Waals surface area contributed by atoms with Crippen LogP contribution in [-0.2, 0) is 20.6 Å². The van der Waals surface area contributed by atoms with Crippen molar-refractivity contribution in [1.29, 1.82) is 0 Å². The van der Waals surface area contributed by atoms with E-state index in [0.717, 1.165) is 16.4 Å². The van der Waals surface area contributed by atoms with E-state index < -0.39 is 38.0 Å². The van der Waals surface area contributed by atoms with Crippen molar-refractivity contribution in [2.45, 2.75) is 17.2 Å². The zero-order valence-electron chi connectivity index (χ0n) is 10.6. The zero-order chi connectivity index (χ0) is 14.8. The number of hydrogen-bond donors (Lipinski definition) is 0. The van der Waals surface area contributed by atoms with Gasteiger partial charge in [-0.25, -0.2) is 17.2 Å². The SMILES string of the molecule is O=S(=O)(c1ccc(F)c(CCl)c1F)N1CCCOCC1. The first-order chi connectivity index (χ1) is 9.48. The lowest BCUT2D eigenvalue weighted by molar-refractivity contribution is 0.148. The quantitative estimate of drug-likeness (QED) is 0.800. The molecule has 0 atom stereocenters. The molecule has 8 heteroatoms. The summed E-state index contributed by atoms with van der Waals surface area (Å²) in [6, 6.07) is 1.85. The predicted octanol–water partition coefficient (Wildman–Crippen LogP) is 2.11. The van der Waals surface area contributed by atoms with Crippen LogP contribution in [0.4, 0.5) is 8.78 Å². The van der Waals surface area contributed by atoms with E-state index >= 15 is 0 Å². The number of halogens is 3. The first kappa shape index (κ1) is 15.6. The molecule has 0 saturated carbocycles. The summed E-state index contributed by atoms with van der Waals surface area (Å²) in [6.07, 6.45) is 0.532. The predicted molar refractivity (Wildman–Crippen MR) is 70.1 cm³/mol. The second-order valence-electron chi connectivity index (χ2n) is 4.34. The molecule has 112 valence electrons. The highest BCUT2D eigenvalue weighted by atomic mass is 35.5. The fourth-order valence-electron chi connectivity index (χ4n) is 2.00. The molecule has 2 rings (SSSR count). The van der Waals surface area contributed by atoms with E-state index in [9.17, 15) is 17.2 Å². The van der Waals surface area contributed by atoms with Gasteiger partial charge >= 0.3 is 0 Å². The fraction of sp³-hybridized carbons (Fsp3) is 0.500. The number of alkyl halides is 1. The minimum atomic E-state index is -4.01. The van der Waals surface area contributed by atoms with Crippen molar-refractivity contribution < 1.29 is 21.9 Å². The summed E-state index contributed by atoms with van der Waals surface area (Å²) in [4.78, 5) is -0.545. The van der Waals surface area contributed by atoms with Gasteiger partial charge in [0.2, 0.25) is 10.0 Å². The van der Waals surface area contributed by atoms with Crippen molar-refractivity contribution in [3.63, 3.8) is 0 Å². The van der Waals surface area contributed by atoms with Crippen LogP contribution in [0.25, 0.3) is 0 Å². The second kappa shape index (κ2) is 6.34. The third kappa shape index (κ3) is 2.95. The van der Waals surface area contributed by atoms with E-state index in [0.29, 0.717) is 13.0 Å². The maximum Gasteiger partial charge on any atom is 0.246 e. The van der Waals surface area contributed by atoms with E-state index in [1.807, 2.05) is 0 Å². The lowest BCUT2D eigenvalue weighted by Gasteiger charge is -2.20. The first-order valence-electron chi connectivity index (χ1n) is 6.09. The van der Waals surface area contributed by atoms with E-state index in [2.05, 4.69) is 0 Å². The molecule has 1 aromatic rings. The van der Waals surface area contributed by atoms with Crippen LogP contribution in [0.3, 0.4) is 0 Å². The summed E-state index contributed by atoms with van der Waals surface area (Å²) in [7, 11) is -4.01. The molecule has 0 N–H and O–H groups in total. The summed E-state index contributed by atoms with van der Waals surface area (Å²) in [5.41, 5.74) is -0.432. The molecule has 0 spiro atoms. The number of hydrogen-bond acceptors (Lipinski definition) is 3. The van der Waals surface area contributed by atoms with Gasteiger partial charge in [-0.3, -0.25) is 0 Å². The van der Waals surface area contributed by atoms with Gasteiger partial charge in [0.25, 0.3) is 0 Å². The van der Waals surface area contributed by atoms with Crippen LogP contribution in [0.2, 0.25) is 0 Å². The summed E-state index contributed by atoms with van der Waals surface area (Å²) in [5.74, 6) is -2.40. The molecule has 1 aliphatic rings. The minimum Gasteiger partial charge on any atom is -0.380 e. The third-order valence-corrected chi connectivity index (χ3v) is 5.27. The maximum absolute atomic E-state index is 14.1. The van der Waals surface area contributed by atoms with Gasteiger partial charge in [0.15, 0.2) is 5.82 Å². The second-order valence-corrected chi connectivity index (χ2v) is 6.52. The van der Waals surface area contributed by atoms with Crippen molar-refractivity contribution >= 4 is 21.6 Å². The molecule has 1 heterocycles. The van der Waals surface area contributed by atoms with E-state index in [1.54, 1.807) is 0 Å². The molecular formula is C12H14ClF2NO3S. The van der Waals surface area contributed by atoms with Gasteiger partial charge < -0.3 is 4.74 Å². The van der Waals surface area contributed by atoms with Gasteiger partial charge in [-0.1, -0.05) is 0 Å². The third-order valence-electron chi connectivity index (χ3n) is 3.08. The molecule has 1 aliphatic heterocycles. The molecule has 0 aromatic heterocycles. The summed E-state index contributed by atoms with van der Waals surface area (Å²) < 4.78 is 58.6. The lowest BCUT2D eigenvalue weighted by Crippen LogP contribution is -2.34. The van der Waals surface area contributed by atoms with Gasteiger partial charge in [0.1, 0.15) is 10.7 Å². The summed E-state index contributed by atoms with van der Waals surface area (Å²) in [5, 5.41) is 0. The monoisotopic (exact) mass is 325 g/mol.